The third-order valence-electron chi connectivity index (χ3n) is 2.96. The molecular weight excluding hydrogens is 286 g/mol. The number of esters is 1. The molecule has 2 rings (SSSR count). The highest BCUT2D eigenvalue weighted by atomic mass is 16.6. The molecule has 6 nitrogen and oxygen atoms in total. The maximum Gasteiger partial charge on any atom is 0.343 e. The summed E-state index contributed by atoms with van der Waals surface area (Å²) < 4.78 is 10.6. The minimum atomic E-state index is -0.546. The lowest BCUT2D eigenvalue weighted by atomic mass is 10.2. The molecule has 0 aromatic heterocycles. The molecule has 114 valence electrons. The topological polar surface area (TPSA) is 78.7 Å². The minimum Gasteiger partial charge on any atom is -0.494 e. The number of nitrogens with zero attached hydrogens (tertiary/aromatic N) is 1. The SMILES string of the molecule is CCOc1cccc(C(=O)Oc2ccc([N+](=O)[O-])c(C)c2)c1. The summed E-state index contributed by atoms with van der Waals surface area (Å²) in [5.41, 5.74) is 0.762. The van der Waals surface area contributed by atoms with Crippen LogP contribution in [0, 0.1) is 17.0 Å². The molecule has 0 radical (unpaired) electrons. The van der Waals surface area contributed by atoms with Crippen LogP contribution < -0.4 is 9.47 Å². The summed E-state index contributed by atoms with van der Waals surface area (Å²) >= 11 is 0. The second-order valence-corrected chi connectivity index (χ2v) is 4.56. The number of benzene rings is 2. The van der Waals surface area contributed by atoms with Crippen molar-refractivity contribution in [3.8, 4) is 11.5 Å². The van der Waals surface area contributed by atoms with Gasteiger partial charge < -0.3 is 9.47 Å². The predicted molar refractivity (Wildman–Crippen MR) is 80.4 cm³/mol. The van der Waals surface area contributed by atoms with Gasteiger partial charge in [0.1, 0.15) is 11.5 Å². The fourth-order valence-electron chi connectivity index (χ4n) is 1.94. The molecule has 0 unspecified atom stereocenters. The van der Waals surface area contributed by atoms with E-state index < -0.39 is 10.9 Å². The molecule has 0 aliphatic carbocycles. The standard InChI is InChI=1S/C16H15NO5/c1-3-21-13-6-4-5-12(10-13)16(18)22-14-7-8-15(17(19)20)11(2)9-14/h4-10H,3H2,1-2H3. The van der Waals surface area contributed by atoms with Crippen molar-refractivity contribution in [1.82, 2.24) is 0 Å². The molecule has 0 amide bonds. The maximum atomic E-state index is 12.1. The lowest BCUT2D eigenvalue weighted by Crippen LogP contribution is -2.09. The Morgan fingerprint density at radius 2 is 1.95 bits per heavy atom. The fourth-order valence-corrected chi connectivity index (χ4v) is 1.94. The summed E-state index contributed by atoms with van der Waals surface area (Å²) in [4.78, 5) is 22.4. The zero-order chi connectivity index (χ0) is 16.1. The van der Waals surface area contributed by atoms with E-state index in [2.05, 4.69) is 0 Å². The number of nitro benzene ring substituents is 1. The van der Waals surface area contributed by atoms with Crippen molar-refractivity contribution in [1.29, 1.82) is 0 Å². The van der Waals surface area contributed by atoms with Crippen LogP contribution in [0.2, 0.25) is 0 Å². The number of ether oxygens (including phenoxy) is 2. The number of hydrogen-bond acceptors (Lipinski definition) is 5. The van der Waals surface area contributed by atoms with Gasteiger partial charge >= 0.3 is 5.97 Å². The van der Waals surface area contributed by atoms with Crippen LogP contribution in [0.3, 0.4) is 0 Å². The smallest absolute Gasteiger partial charge is 0.343 e. The largest absolute Gasteiger partial charge is 0.494 e. The third-order valence-corrected chi connectivity index (χ3v) is 2.96. The van der Waals surface area contributed by atoms with Crippen LogP contribution in [0.4, 0.5) is 5.69 Å². The monoisotopic (exact) mass is 301 g/mol. The second kappa shape index (κ2) is 6.71. The van der Waals surface area contributed by atoms with Crippen LogP contribution in [0.25, 0.3) is 0 Å². The van der Waals surface area contributed by atoms with E-state index in [0.29, 0.717) is 23.5 Å². The summed E-state index contributed by atoms with van der Waals surface area (Å²) in [6, 6.07) is 10.8. The lowest BCUT2D eigenvalue weighted by Gasteiger charge is -2.07. The van der Waals surface area contributed by atoms with Crippen LogP contribution in [0.5, 0.6) is 11.5 Å². The number of nitro groups is 1. The molecule has 2 aromatic carbocycles. The summed E-state index contributed by atoms with van der Waals surface area (Å²) in [5, 5.41) is 10.8. The minimum absolute atomic E-state index is 0.0156. The second-order valence-electron chi connectivity index (χ2n) is 4.56. The van der Waals surface area contributed by atoms with Gasteiger partial charge in [-0.15, -0.1) is 0 Å². The molecule has 2 aromatic rings. The van der Waals surface area contributed by atoms with Crippen LogP contribution in [0.15, 0.2) is 42.5 Å². The van der Waals surface area contributed by atoms with Crippen LogP contribution in [-0.2, 0) is 0 Å². The third kappa shape index (κ3) is 3.60. The van der Waals surface area contributed by atoms with Crippen LogP contribution in [-0.4, -0.2) is 17.5 Å². The van der Waals surface area contributed by atoms with Crippen molar-refractivity contribution in [2.45, 2.75) is 13.8 Å². The molecule has 0 atom stereocenters. The Morgan fingerprint density at radius 3 is 2.59 bits per heavy atom. The van der Waals surface area contributed by atoms with E-state index in [4.69, 9.17) is 9.47 Å². The van der Waals surface area contributed by atoms with E-state index in [9.17, 15) is 14.9 Å². The van der Waals surface area contributed by atoms with Gasteiger partial charge in [-0.1, -0.05) is 6.07 Å². The van der Waals surface area contributed by atoms with Crippen molar-refractivity contribution < 1.29 is 19.2 Å². The summed E-state index contributed by atoms with van der Waals surface area (Å²) in [6.07, 6.45) is 0. The molecule has 0 fully saturated rings. The number of carbonyl (C=O) groups excluding carboxylic acids is 1. The zero-order valence-electron chi connectivity index (χ0n) is 12.2. The van der Waals surface area contributed by atoms with Gasteiger partial charge in [0, 0.05) is 11.6 Å². The Labute approximate surface area is 127 Å². The Morgan fingerprint density at radius 1 is 1.18 bits per heavy atom. The summed E-state index contributed by atoms with van der Waals surface area (Å²) in [6.45, 7) is 3.94. The normalized spacial score (nSPS) is 10.1. The lowest BCUT2D eigenvalue weighted by molar-refractivity contribution is -0.385. The number of rotatable bonds is 5. The Kier molecular flexibility index (Phi) is 4.73. The van der Waals surface area contributed by atoms with Gasteiger partial charge in [0.2, 0.25) is 0 Å². The van der Waals surface area contributed by atoms with Gasteiger partial charge in [0.15, 0.2) is 0 Å². The first-order valence-corrected chi connectivity index (χ1v) is 6.71. The van der Waals surface area contributed by atoms with Crippen molar-refractivity contribution in [2.75, 3.05) is 6.61 Å². The van der Waals surface area contributed by atoms with E-state index in [-0.39, 0.29) is 11.4 Å². The fraction of sp³-hybridized carbons (Fsp3) is 0.188. The molecule has 0 saturated carbocycles. The molecule has 0 heterocycles. The number of aryl methyl sites for hydroxylation is 1. The van der Waals surface area contributed by atoms with E-state index in [0.717, 1.165) is 0 Å². The number of hydrogen-bond donors (Lipinski definition) is 0. The van der Waals surface area contributed by atoms with Crippen LogP contribution in [0.1, 0.15) is 22.8 Å². The molecule has 6 heteroatoms. The Bertz CT molecular complexity index is 711. The average Bonchev–Trinajstić information content (AvgIpc) is 2.47. The van der Waals surface area contributed by atoms with Crippen LogP contribution >= 0.6 is 0 Å². The summed E-state index contributed by atoms with van der Waals surface area (Å²) in [7, 11) is 0. The van der Waals surface area contributed by atoms with Crippen molar-refractivity contribution in [3.05, 3.63) is 63.7 Å². The Hall–Kier alpha value is -2.89. The molecule has 0 N–H and O–H groups in total. The van der Waals surface area contributed by atoms with E-state index in [1.165, 1.54) is 18.2 Å². The van der Waals surface area contributed by atoms with E-state index >= 15 is 0 Å². The Balaban J connectivity index is 2.16. The van der Waals surface area contributed by atoms with Crippen molar-refractivity contribution in [3.63, 3.8) is 0 Å². The van der Waals surface area contributed by atoms with Gasteiger partial charge in [-0.3, -0.25) is 10.1 Å². The van der Waals surface area contributed by atoms with Gasteiger partial charge in [0.25, 0.3) is 5.69 Å². The highest BCUT2D eigenvalue weighted by Gasteiger charge is 2.14. The van der Waals surface area contributed by atoms with Gasteiger partial charge in [-0.25, -0.2) is 4.79 Å². The van der Waals surface area contributed by atoms with Gasteiger partial charge in [-0.05, 0) is 44.2 Å². The molecule has 0 spiro atoms. The summed E-state index contributed by atoms with van der Waals surface area (Å²) in [5.74, 6) is 0.293. The first-order valence-electron chi connectivity index (χ1n) is 6.71. The van der Waals surface area contributed by atoms with Crippen molar-refractivity contribution >= 4 is 11.7 Å². The van der Waals surface area contributed by atoms with Gasteiger partial charge in [-0.2, -0.15) is 0 Å². The first kappa shape index (κ1) is 15.5. The molecule has 22 heavy (non-hydrogen) atoms. The highest BCUT2D eigenvalue weighted by molar-refractivity contribution is 5.91. The molecule has 0 aliphatic rings. The first-order chi connectivity index (χ1) is 10.5. The zero-order valence-corrected chi connectivity index (χ0v) is 12.2. The predicted octanol–water partition coefficient (Wildman–Crippen LogP) is 3.52. The van der Waals surface area contributed by atoms with Gasteiger partial charge in [0.05, 0.1) is 17.1 Å². The molecule has 0 aliphatic heterocycles. The maximum absolute atomic E-state index is 12.1. The van der Waals surface area contributed by atoms with E-state index in [1.807, 2.05) is 6.92 Å². The number of carbonyl (C=O) groups is 1. The average molecular weight is 301 g/mol. The van der Waals surface area contributed by atoms with Crippen molar-refractivity contribution in [2.24, 2.45) is 0 Å². The molecular formula is C16H15NO5. The quantitative estimate of drug-likeness (QED) is 0.365. The molecule has 0 saturated heterocycles. The highest BCUT2D eigenvalue weighted by Crippen LogP contribution is 2.24. The van der Waals surface area contributed by atoms with E-state index in [1.54, 1.807) is 31.2 Å². The molecule has 0 bridgehead atoms.